The molecule has 232 valence electrons. The number of pyridine rings is 1. The average molecular weight is 642 g/mol. The van der Waals surface area contributed by atoms with E-state index in [1.165, 1.54) is 17.3 Å². The molecule has 6 rings (SSSR count). The lowest BCUT2D eigenvalue weighted by Gasteiger charge is -2.38. The second kappa shape index (κ2) is 13.5. The number of piperazine rings is 1. The first-order chi connectivity index (χ1) is 21.9. The maximum atomic E-state index is 13.8. The molecular formula is C34H35N5O4S2. The zero-order valence-electron chi connectivity index (χ0n) is 25.5. The van der Waals surface area contributed by atoms with Gasteiger partial charge in [-0.25, -0.2) is 0 Å². The number of hydrogen-bond acceptors (Lipinski definition) is 9. The molecule has 0 unspecified atom stereocenters. The van der Waals surface area contributed by atoms with Crippen molar-refractivity contribution in [3.05, 3.63) is 91.6 Å². The standard InChI is InChI=1S/C34H35N5O4S2/c1-3-4-12-38-31(37-15-13-36(14-16-37)20-24-8-6-5-7-9-24)26(23(2)27(19-35)32(38)40)18-30-33(41)39(34(44)45-30)21-25-10-11-28-29(17-25)43-22-42-28/h5-11,17-18H,3-4,12-16,20-22H2,1-2H3/b30-18+. The molecule has 3 aromatic rings. The topological polar surface area (TPSA) is 91.0 Å². The van der Waals surface area contributed by atoms with Crippen LogP contribution in [0, 0.1) is 18.3 Å². The fourth-order valence-electron chi connectivity index (χ4n) is 5.96. The van der Waals surface area contributed by atoms with Crippen LogP contribution in [0.25, 0.3) is 6.08 Å². The Morgan fingerprint density at radius 2 is 1.76 bits per heavy atom. The number of fused-ring (bicyclic) bond motifs is 1. The van der Waals surface area contributed by atoms with Gasteiger partial charge in [0.25, 0.3) is 11.5 Å². The number of carbonyl (C=O) groups excluding carboxylic acids is 1. The van der Waals surface area contributed by atoms with E-state index in [9.17, 15) is 14.9 Å². The molecule has 0 N–H and O–H groups in total. The molecular weight excluding hydrogens is 607 g/mol. The Kier molecular flexibility index (Phi) is 9.26. The molecule has 4 heterocycles. The van der Waals surface area contributed by atoms with E-state index in [0.29, 0.717) is 39.4 Å². The van der Waals surface area contributed by atoms with Crippen molar-refractivity contribution in [3.8, 4) is 17.6 Å². The summed E-state index contributed by atoms with van der Waals surface area (Å²) in [5, 5.41) is 10.1. The van der Waals surface area contributed by atoms with Gasteiger partial charge in [-0.3, -0.25) is 24.0 Å². The second-order valence-corrected chi connectivity index (χ2v) is 13.0. The highest BCUT2D eigenvalue weighted by Crippen LogP contribution is 2.38. The Hall–Kier alpha value is -4.11. The highest BCUT2D eigenvalue weighted by Gasteiger charge is 2.34. The number of anilines is 1. The number of benzene rings is 2. The molecule has 2 aromatic carbocycles. The Morgan fingerprint density at radius 1 is 1.00 bits per heavy atom. The van der Waals surface area contributed by atoms with Crippen molar-refractivity contribution in [1.29, 1.82) is 5.26 Å². The minimum Gasteiger partial charge on any atom is -0.454 e. The molecule has 2 fully saturated rings. The van der Waals surface area contributed by atoms with Crippen LogP contribution in [0.4, 0.5) is 5.82 Å². The Bertz CT molecular complexity index is 1760. The van der Waals surface area contributed by atoms with E-state index in [2.05, 4.69) is 47.1 Å². The molecule has 1 aromatic heterocycles. The van der Waals surface area contributed by atoms with Crippen molar-refractivity contribution in [1.82, 2.24) is 14.4 Å². The number of aromatic nitrogens is 1. The molecule has 0 bridgehead atoms. The first-order valence-corrected chi connectivity index (χ1v) is 16.4. The lowest BCUT2D eigenvalue weighted by atomic mass is 10.0. The predicted octanol–water partition coefficient (Wildman–Crippen LogP) is 5.28. The van der Waals surface area contributed by atoms with Gasteiger partial charge in [0.2, 0.25) is 6.79 Å². The van der Waals surface area contributed by atoms with Crippen molar-refractivity contribution in [2.75, 3.05) is 37.9 Å². The largest absolute Gasteiger partial charge is 0.454 e. The minimum atomic E-state index is -0.280. The van der Waals surface area contributed by atoms with Gasteiger partial charge >= 0.3 is 0 Å². The number of carbonyl (C=O) groups is 1. The number of unbranched alkanes of at least 4 members (excludes halogenated alkanes) is 1. The SMILES string of the molecule is CCCCn1c(N2CCN(Cc3ccccc3)CC2)c(/C=C2/SC(=S)N(Cc3ccc4c(c3)OCO4)C2=O)c(C)c(C#N)c1=O. The van der Waals surface area contributed by atoms with Gasteiger partial charge in [0, 0.05) is 44.8 Å². The van der Waals surface area contributed by atoms with E-state index in [0.717, 1.165) is 62.5 Å². The van der Waals surface area contributed by atoms with Gasteiger partial charge in [0.05, 0.1) is 11.4 Å². The summed E-state index contributed by atoms with van der Waals surface area (Å²) in [6, 6.07) is 18.2. The molecule has 0 aliphatic carbocycles. The zero-order chi connectivity index (χ0) is 31.5. The van der Waals surface area contributed by atoms with E-state index >= 15 is 0 Å². The number of nitriles is 1. The fourth-order valence-corrected chi connectivity index (χ4v) is 7.19. The van der Waals surface area contributed by atoms with Gasteiger partial charge in [-0.15, -0.1) is 0 Å². The van der Waals surface area contributed by atoms with Crippen LogP contribution in [-0.2, 0) is 24.4 Å². The molecule has 0 spiro atoms. The maximum absolute atomic E-state index is 13.8. The van der Waals surface area contributed by atoms with Crippen molar-refractivity contribution in [3.63, 3.8) is 0 Å². The predicted molar refractivity (Wildman–Crippen MR) is 180 cm³/mol. The van der Waals surface area contributed by atoms with Crippen LogP contribution in [0.15, 0.2) is 58.2 Å². The summed E-state index contributed by atoms with van der Waals surface area (Å²) in [6.45, 7) is 8.81. The van der Waals surface area contributed by atoms with Crippen LogP contribution in [0.3, 0.4) is 0 Å². The summed E-state index contributed by atoms with van der Waals surface area (Å²) >= 11 is 6.91. The summed E-state index contributed by atoms with van der Waals surface area (Å²) in [5.74, 6) is 1.89. The number of rotatable bonds is 9. The van der Waals surface area contributed by atoms with Crippen LogP contribution in [0.2, 0.25) is 0 Å². The van der Waals surface area contributed by atoms with Crippen LogP contribution in [0.1, 0.15) is 47.6 Å². The summed E-state index contributed by atoms with van der Waals surface area (Å²) < 4.78 is 13.1. The highest BCUT2D eigenvalue weighted by atomic mass is 32.2. The molecule has 3 aliphatic rings. The Balaban J connectivity index is 1.33. The number of amides is 1. The van der Waals surface area contributed by atoms with Gasteiger partial charge in [0.1, 0.15) is 21.8 Å². The smallest absolute Gasteiger partial charge is 0.270 e. The van der Waals surface area contributed by atoms with Gasteiger partial charge in [-0.2, -0.15) is 5.26 Å². The molecule has 11 heteroatoms. The molecule has 0 radical (unpaired) electrons. The minimum absolute atomic E-state index is 0.111. The van der Waals surface area contributed by atoms with E-state index < -0.39 is 0 Å². The van der Waals surface area contributed by atoms with Gasteiger partial charge < -0.3 is 14.4 Å². The van der Waals surface area contributed by atoms with Gasteiger partial charge in [-0.05, 0) is 48.2 Å². The maximum Gasteiger partial charge on any atom is 0.270 e. The number of thioether (sulfide) groups is 1. The van der Waals surface area contributed by atoms with Crippen molar-refractivity contribution in [2.45, 2.75) is 46.3 Å². The molecule has 3 aliphatic heterocycles. The third-order valence-electron chi connectivity index (χ3n) is 8.43. The van der Waals surface area contributed by atoms with Crippen molar-refractivity contribution < 1.29 is 14.3 Å². The van der Waals surface area contributed by atoms with Gasteiger partial charge in [-0.1, -0.05) is 73.7 Å². The van der Waals surface area contributed by atoms with E-state index in [4.69, 9.17) is 21.7 Å². The summed E-state index contributed by atoms with van der Waals surface area (Å²) in [6.07, 6.45) is 3.54. The highest BCUT2D eigenvalue weighted by molar-refractivity contribution is 8.26. The summed E-state index contributed by atoms with van der Waals surface area (Å²) in [7, 11) is 0. The lowest BCUT2D eigenvalue weighted by molar-refractivity contribution is -0.122. The van der Waals surface area contributed by atoms with Crippen LogP contribution >= 0.6 is 24.0 Å². The molecule has 2 saturated heterocycles. The first-order valence-electron chi connectivity index (χ1n) is 15.2. The molecule has 0 saturated carbocycles. The van der Waals surface area contributed by atoms with Crippen LogP contribution in [0.5, 0.6) is 11.5 Å². The Morgan fingerprint density at radius 3 is 2.49 bits per heavy atom. The lowest BCUT2D eigenvalue weighted by Crippen LogP contribution is -2.48. The third-order valence-corrected chi connectivity index (χ3v) is 9.81. The normalized spacial score (nSPS) is 17.4. The molecule has 0 atom stereocenters. The molecule has 1 amide bonds. The summed E-state index contributed by atoms with van der Waals surface area (Å²) in [4.78, 5) is 34.2. The number of thiocarbonyl (C=S) groups is 1. The first kappa shape index (κ1) is 30.9. The zero-order valence-corrected chi connectivity index (χ0v) is 27.1. The van der Waals surface area contributed by atoms with Crippen molar-refractivity contribution in [2.24, 2.45) is 0 Å². The van der Waals surface area contributed by atoms with Crippen LogP contribution in [-0.4, -0.2) is 57.6 Å². The number of ether oxygens (including phenoxy) is 2. The van der Waals surface area contributed by atoms with Crippen molar-refractivity contribution >= 4 is 46.1 Å². The molecule has 9 nitrogen and oxygen atoms in total. The third kappa shape index (κ3) is 6.36. The Labute approximate surface area is 272 Å². The van der Waals surface area contributed by atoms with E-state index in [1.807, 2.05) is 30.3 Å². The van der Waals surface area contributed by atoms with Crippen LogP contribution < -0.4 is 19.9 Å². The van der Waals surface area contributed by atoms with E-state index in [1.54, 1.807) is 16.4 Å². The second-order valence-electron chi connectivity index (χ2n) is 11.4. The molecule has 45 heavy (non-hydrogen) atoms. The number of hydrogen-bond donors (Lipinski definition) is 0. The summed E-state index contributed by atoms with van der Waals surface area (Å²) in [5.41, 5.74) is 3.28. The number of nitrogens with zero attached hydrogens (tertiary/aromatic N) is 5. The van der Waals surface area contributed by atoms with E-state index in [-0.39, 0.29) is 23.8 Å². The van der Waals surface area contributed by atoms with Gasteiger partial charge in [0.15, 0.2) is 11.5 Å². The quantitative estimate of drug-likeness (QED) is 0.229. The average Bonchev–Trinajstić information content (AvgIpc) is 3.62. The monoisotopic (exact) mass is 641 g/mol. The fraction of sp³-hybridized carbons (Fsp3) is 0.353.